The molecule has 0 radical (unpaired) electrons. The molecule has 0 saturated heterocycles. The zero-order valence-electron chi connectivity index (χ0n) is 9.42. The van der Waals surface area contributed by atoms with Crippen molar-refractivity contribution < 1.29 is 13.2 Å². The first-order valence-electron chi connectivity index (χ1n) is 5.11. The van der Waals surface area contributed by atoms with Crippen LogP contribution in [0.25, 0.3) is 0 Å². The Labute approximate surface area is 119 Å². The Bertz CT molecular complexity index is 581. The van der Waals surface area contributed by atoms with Crippen LogP contribution in [0.4, 0.5) is 30.8 Å². The van der Waals surface area contributed by atoms with Crippen LogP contribution in [0.15, 0.2) is 18.2 Å². The van der Waals surface area contributed by atoms with E-state index in [9.17, 15) is 13.2 Å². The van der Waals surface area contributed by atoms with Gasteiger partial charge in [0.15, 0.2) is 0 Å². The minimum absolute atomic E-state index is 0.0856. The molecule has 0 bridgehead atoms. The van der Waals surface area contributed by atoms with Gasteiger partial charge in [0, 0.05) is 10.1 Å². The summed E-state index contributed by atoms with van der Waals surface area (Å²) < 4.78 is 38.9. The lowest BCUT2D eigenvalue weighted by Gasteiger charge is -2.13. The van der Waals surface area contributed by atoms with Crippen LogP contribution >= 0.6 is 22.6 Å². The van der Waals surface area contributed by atoms with Crippen LogP contribution in [0.2, 0.25) is 0 Å². The summed E-state index contributed by atoms with van der Waals surface area (Å²) in [6, 6.07) is 3.99. The number of aromatic nitrogens is 3. The summed E-state index contributed by atoms with van der Waals surface area (Å²) in [6.45, 7) is 0. The van der Waals surface area contributed by atoms with Gasteiger partial charge in [-0.2, -0.15) is 18.2 Å². The summed E-state index contributed by atoms with van der Waals surface area (Å²) in [5.74, 6) is 0.204. The smallest absolute Gasteiger partial charge is 0.368 e. The summed E-state index contributed by atoms with van der Waals surface area (Å²) in [4.78, 5) is 3.76. The second kappa shape index (κ2) is 5.23. The van der Waals surface area contributed by atoms with Gasteiger partial charge in [-0.05, 0) is 17.7 Å². The van der Waals surface area contributed by atoms with E-state index < -0.39 is 11.7 Å². The molecule has 0 aliphatic rings. The highest BCUT2D eigenvalue weighted by Gasteiger charge is 2.33. The number of rotatable bonds is 3. The lowest BCUT2D eigenvalue weighted by molar-refractivity contribution is -0.138. The van der Waals surface area contributed by atoms with Crippen LogP contribution in [0, 0.1) is 0 Å². The van der Waals surface area contributed by atoms with E-state index in [0.717, 1.165) is 6.07 Å². The Balaban J connectivity index is 2.32. The van der Waals surface area contributed by atoms with E-state index in [1.165, 1.54) is 12.1 Å². The molecule has 0 amide bonds. The number of H-pyrrole nitrogens is 1. The molecular weight excluding hydrogens is 374 g/mol. The van der Waals surface area contributed by atoms with E-state index >= 15 is 0 Å². The first-order chi connectivity index (χ1) is 8.90. The van der Waals surface area contributed by atoms with Gasteiger partial charge in [-0.3, -0.25) is 0 Å². The highest BCUT2D eigenvalue weighted by atomic mass is 127. The molecule has 9 heteroatoms. The van der Waals surface area contributed by atoms with Gasteiger partial charge in [0.25, 0.3) is 0 Å². The third-order valence-corrected chi connectivity index (χ3v) is 3.14. The predicted molar refractivity (Wildman–Crippen MR) is 73.2 cm³/mol. The van der Waals surface area contributed by atoms with Crippen LogP contribution in [0.1, 0.15) is 11.1 Å². The van der Waals surface area contributed by atoms with Crippen LogP contribution < -0.4 is 11.1 Å². The fourth-order valence-electron chi connectivity index (χ4n) is 1.49. The number of anilines is 3. The molecule has 1 heterocycles. The minimum atomic E-state index is -4.39. The molecule has 0 atom stereocenters. The van der Waals surface area contributed by atoms with Gasteiger partial charge in [0.2, 0.25) is 11.9 Å². The number of aromatic amines is 1. The third-order valence-electron chi connectivity index (χ3n) is 2.32. The van der Waals surface area contributed by atoms with E-state index in [2.05, 4.69) is 20.5 Å². The topological polar surface area (TPSA) is 79.6 Å². The van der Waals surface area contributed by atoms with Crippen molar-refractivity contribution in [2.75, 3.05) is 11.1 Å². The fraction of sp³-hybridized carbons (Fsp3) is 0.200. The molecule has 4 N–H and O–H groups in total. The van der Waals surface area contributed by atoms with Crippen LogP contribution in [-0.4, -0.2) is 15.2 Å². The quantitative estimate of drug-likeness (QED) is 0.562. The highest BCUT2D eigenvalue weighted by Crippen LogP contribution is 2.35. The predicted octanol–water partition coefficient (Wildman–Crippen LogP) is 3.08. The zero-order chi connectivity index (χ0) is 14.0. The van der Waals surface area contributed by atoms with Crippen molar-refractivity contribution in [1.82, 2.24) is 15.2 Å². The zero-order valence-corrected chi connectivity index (χ0v) is 11.6. The third kappa shape index (κ3) is 3.28. The Morgan fingerprint density at radius 1 is 1.37 bits per heavy atom. The molecule has 5 nitrogen and oxygen atoms in total. The molecule has 0 aliphatic carbocycles. The van der Waals surface area contributed by atoms with Crippen LogP contribution in [0.3, 0.4) is 0 Å². The van der Waals surface area contributed by atoms with Gasteiger partial charge in [-0.15, -0.1) is 5.10 Å². The number of hydrogen-bond acceptors (Lipinski definition) is 4. The minimum Gasteiger partial charge on any atom is -0.368 e. The molecule has 0 unspecified atom stereocenters. The van der Waals surface area contributed by atoms with E-state index in [-0.39, 0.29) is 27.6 Å². The van der Waals surface area contributed by atoms with Crippen molar-refractivity contribution in [3.8, 4) is 0 Å². The second-order valence-corrected chi connectivity index (χ2v) is 4.44. The van der Waals surface area contributed by atoms with Crippen molar-refractivity contribution in [2.45, 2.75) is 10.6 Å². The summed E-state index contributed by atoms with van der Waals surface area (Å²) >= 11 is 1.89. The van der Waals surface area contributed by atoms with Crippen molar-refractivity contribution in [2.24, 2.45) is 0 Å². The van der Waals surface area contributed by atoms with Crippen LogP contribution in [0.5, 0.6) is 0 Å². The summed E-state index contributed by atoms with van der Waals surface area (Å²) in [5, 5.41) is 8.73. The second-order valence-electron chi connectivity index (χ2n) is 3.67. The van der Waals surface area contributed by atoms with Crippen molar-refractivity contribution in [1.29, 1.82) is 0 Å². The SMILES string of the molecule is Nc1nc(Nc2ccc(CI)c(C(F)(F)F)c2)n[nH]1. The molecule has 2 aromatic rings. The van der Waals surface area contributed by atoms with Gasteiger partial charge in [-0.1, -0.05) is 28.7 Å². The standard InChI is InChI=1S/C10H9F3IN5/c11-10(12,13)7-3-6(2-1-5(7)4-14)16-9-17-8(15)18-19-9/h1-3H,4H2,(H4,15,16,17,18,19). The lowest BCUT2D eigenvalue weighted by atomic mass is 10.1. The number of nitrogens with two attached hydrogens (primary N) is 1. The average Bonchev–Trinajstić information content (AvgIpc) is 2.73. The van der Waals surface area contributed by atoms with E-state index in [0.29, 0.717) is 0 Å². The summed E-state index contributed by atoms with van der Waals surface area (Å²) in [5.41, 5.74) is 5.14. The number of alkyl halides is 4. The number of nitrogen functional groups attached to an aromatic ring is 1. The first-order valence-corrected chi connectivity index (χ1v) is 6.63. The maximum Gasteiger partial charge on any atom is 0.416 e. The number of hydrogen-bond donors (Lipinski definition) is 3. The molecule has 19 heavy (non-hydrogen) atoms. The Kier molecular flexibility index (Phi) is 3.83. The van der Waals surface area contributed by atoms with Gasteiger partial charge in [-0.25, -0.2) is 5.10 Å². The Hall–Kier alpha value is -1.52. The average molecular weight is 383 g/mol. The Morgan fingerprint density at radius 2 is 2.11 bits per heavy atom. The monoisotopic (exact) mass is 383 g/mol. The molecule has 0 aliphatic heterocycles. The first kappa shape index (κ1) is 13.9. The normalized spacial score (nSPS) is 11.6. The maximum absolute atomic E-state index is 12.9. The van der Waals surface area contributed by atoms with E-state index in [1.807, 2.05) is 22.6 Å². The lowest BCUT2D eigenvalue weighted by Crippen LogP contribution is -2.09. The van der Waals surface area contributed by atoms with Crippen LogP contribution in [-0.2, 0) is 10.6 Å². The van der Waals surface area contributed by atoms with Gasteiger partial charge >= 0.3 is 6.18 Å². The molecule has 2 rings (SSSR count). The maximum atomic E-state index is 12.9. The van der Waals surface area contributed by atoms with Gasteiger partial charge < -0.3 is 11.1 Å². The molecule has 0 fully saturated rings. The molecule has 0 saturated carbocycles. The van der Waals surface area contributed by atoms with E-state index in [4.69, 9.17) is 5.73 Å². The highest BCUT2D eigenvalue weighted by molar-refractivity contribution is 14.1. The van der Waals surface area contributed by atoms with Crippen molar-refractivity contribution >= 4 is 40.2 Å². The van der Waals surface area contributed by atoms with Crippen molar-refractivity contribution in [3.05, 3.63) is 29.3 Å². The molecule has 1 aromatic carbocycles. The molecular formula is C10H9F3IN5. The summed E-state index contributed by atoms with van der Waals surface area (Å²) in [7, 11) is 0. The molecule has 0 spiro atoms. The number of nitrogens with zero attached hydrogens (tertiary/aromatic N) is 2. The molecule has 1 aromatic heterocycles. The number of halogens is 4. The number of nitrogens with one attached hydrogen (secondary N) is 2. The fourth-order valence-corrected chi connectivity index (χ4v) is 2.16. The summed E-state index contributed by atoms with van der Waals surface area (Å²) in [6.07, 6.45) is -4.39. The van der Waals surface area contributed by atoms with Crippen molar-refractivity contribution in [3.63, 3.8) is 0 Å². The van der Waals surface area contributed by atoms with Gasteiger partial charge in [0.1, 0.15) is 0 Å². The largest absolute Gasteiger partial charge is 0.416 e. The van der Waals surface area contributed by atoms with E-state index in [1.54, 1.807) is 0 Å². The Morgan fingerprint density at radius 3 is 2.63 bits per heavy atom. The van der Waals surface area contributed by atoms with Gasteiger partial charge in [0.05, 0.1) is 5.56 Å². The molecule has 102 valence electrons. The number of benzene rings is 1.